The third-order valence-corrected chi connectivity index (χ3v) is 3.56. The molecule has 21 heavy (non-hydrogen) atoms. The number of carbonyl (C=O) groups is 1. The van der Waals surface area contributed by atoms with E-state index in [1.54, 1.807) is 11.9 Å². The van der Waals surface area contributed by atoms with Crippen LogP contribution >= 0.6 is 11.6 Å². The molecule has 1 amide bonds. The molecule has 0 radical (unpaired) electrons. The van der Waals surface area contributed by atoms with Gasteiger partial charge in [-0.1, -0.05) is 23.7 Å². The molecule has 0 aliphatic heterocycles. The van der Waals surface area contributed by atoms with Crippen LogP contribution in [-0.2, 0) is 6.54 Å². The zero-order chi connectivity index (χ0) is 15.4. The third-order valence-electron chi connectivity index (χ3n) is 3.31. The number of carbonyl (C=O) groups excluding carboxylic acids is 1. The van der Waals surface area contributed by atoms with Crippen molar-refractivity contribution in [2.45, 2.75) is 6.54 Å². The molecule has 3 nitrogen and oxygen atoms in total. The van der Waals surface area contributed by atoms with E-state index in [2.05, 4.69) is 0 Å². The Kier molecular flexibility index (Phi) is 4.86. The SMILES string of the molecule is CN(Cc1ccc(Cl)cc1)C(=O)c1ccc(N(C)C)cc1. The van der Waals surface area contributed by atoms with Gasteiger partial charge < -0.3 is 9.80 Å². The Hall–Kier alpha value is -2.00. The first-order chi connectivity index (χ1) is 9.97. The lowest BCUT2D eigenvalue weighted by atomic mass is 10.1. The second kappa shape index (κ2) is 6.64. The fourth-order valence-electron chi connectivity index (χ4n) is 2.06. The van der Waals surface area contributed by atoms with Gasteiger partial charge in [-0.3, -0.25) is 4.79 Å². The molecule has 2 rings (SSSR count). The Labute approximate surface area is 130 Å². The molecular formula is C17H19ClN2O. The summed E-state index contributed by atoms with van der Waals surface area (Å²) in [5.41, 5.74) is 2.82. The van der Waals surface area contributed by atoms with Crippen LogP contribution in [0.1, 0.15) is 15.9 Å². The number of hydrogen-bond donors (Lipinski definition) is 0. The largest absolute Gasteiger partial charge is 0.378 e. The number of hydrogen-bond acceptors (Lipinski definition) is 2. The molecule has 4 heteroatoms. The number of amides is 1. The summed E-state index contributed by atoms with van der Waals surface area (Å²) >= 11 is 5.86. The lowest BCUT2D eigenvalue weighted by molar-refractivity contribution is 0.0785. The van der Waals surface area contributed by atoms with Crippen LogP contribution in [0.2, 0.25) is 5.02 Å². The molecule has 0 unspecified atom stereocenters. The zero-order valence-corrected chi connectivity index (χ0v) is 13.3. The lowest BCUT2D eigenvalue weighted by Gasteiger charge is -2.18. The van der Waals surface area contributed by atoms with E-state index < -0.39 is 0 Å². The molecule has 0 saturated heterocycles. The van der Waals surface area contributed by atoms with Crippen molar-refractivity contribution < 1.29 is 4.79 Å². The van der Waals surface area contributed by atoms with E-state index in [0.717, 1.165) is 11.3 Å². The molecule has 0 aliphatic rings. The Morgan fingerprint density at radius 2 is 1.52 bits per heavy atom. The molecule has 0 atom stereocenters. The molecule has 2 aromatic rings. The number of nitrogens with zero attached hydrogens (tertiary/aromatic N) is 2. The van der Waals surface area contributed by atoms with Crippen LogP contribution < -0.4 is 4.90 Å². The third kappa shape index (κ3) is 3.99. The van der Waals surface area contributed by atoms with E-state index in [0.29, 0.717) is 17.1 Å². The van der Waals surface area contributed by atoms with Gasteiger partial charge in [0.2, 0.25) is 0 Å². The smallest absolute Gasteiger partial charge is 0.253 e. The van der Waals surface area contributed by atoms with Crippen LogP contribution in [-0.4, -0.2) is 32.0 Å². The topological polar surface area (TPSA) is 23.6 Å². The van der Waals surface area contributed by atoms with Crippen LogP contribution in [0.3, 0.4) is 0 Å². The van der Waals surface area contributed by atoms with Crippen LogP contribution in [0.5, 0.6) is 0 Å². The van der Waals surface area contributed by atoms with Gasteiger partial charge in [0.1, 0.15) is 0 Å². The van der Waals surface area contributed by atoms with Gasteiger partial charge in [0.15, 0.2) is 0 Å². The summed E-state index contributed by atoms with van der Waals surface area (Å²) in [6.45, 7) is 0.561. The summed E-state index contributed by atoms with van der Waals surface area (Å²) in [5.74, 6) is 0.00950. The van der Waals surface area contributed by atoms with Crippen molar-refractivity contribution in [1.29, 1.82) is 0 Å². The van der Waals surface area contributed by atoms with Gasteiger partial charge in [-0.15, -0.1) is 0 Å². The summed E-state index contributed by atoms with van der Waals surface area (Å²) in [4.78, 5) is 16.1. The number of benzene rings is 2. The fraction of sp³-hybridized carbons (Fsp3) is 0.235. The average molecular weight is 303 g/mol. The highest BCUT2D eigenvalue weighted by Crippen LogP contribution is 2.15. The average Bonchev–Trinajstić information content (AvgIpc) is 2.49. The van der Waals surface area contributed by atoms with Crippen molar-refractivity contribution >= 4 is 23.2 Å². The van der Waals surface area contributed by atoms with Crippen molar-refractivity contribution in [3.8, 4) is 0 Å². The predicted molar refractivity (Wildman–Crippen MR) is 88.0 cm³/mol. The van der Waals surface area contributed by atoms with Gasteiger partial charge in [0, 0.05) is 44.0 Å². The lowest BCUT2D eigenvalue weighted by Crippen LogP contribution is -2.26. The summed E-state index contributed by atoms with van der Waals surface area (Å²) in [7, 11) is 5.75. The second-order valence-electron chi connectivity index (χ2n) is 5.23. The molecule has 0 fully saturated rings. The molecule has 0 aliphatic carbocycles. The molecule has 0 saturated carbocycles. The minimum absolute atomic E-state index is 0.00950. The minimum atomic E-state index is 0.00950. The minimum Gasteiger partial charge on any atom is -0.378 e. The van der Waals surface area contributed by atoms with Crippen LogP contribution in [0.15, 0.2) is 48.5 Å². The standard InChI is InChI=1S/C17H19ClN2O/c1-19(2)16-10-6-14(7-11-16)17(21)20(3)12-13-4-8-15(18)9-5-13/h4-11H,12H2,1-3H3. The monoisotopic (exact) mass is 302 g/mol. The molecule has 0 bridgehead atoms. The van der Waals surface area contributed by atoms with Gasteiger partial charge >= 0.3 is 0 Å². The zero-order valence-electron chi connectivity index (χ0n) is 12.5. The maximum absolute atomic E-state index is 12.4. The van der Waals surface area contributed by atoms with Crippen LogP contribution in [0.4, 0.5) is 5.69 Å². The number of halogens is 1. The van der Waals surface area contributed by atoms with Gasteiger partial charge in [0.05, 0.1) is 0 Å². The molecule has 0 spiro atoms. The first kappa shape index (κ1) is 15.4. The summed E-state index contributed by atoms with van der Waals surface area (Å²) in [6.07, 6.45) is 0. The summed E-state index contributed by atoms with van der Waals surface area (Å²) < 4.78 is 0. The highest BCUT2D eigenvalue weighted by molar-refractivity contribution is 6.30. The molecule has 0 N–H and O–H groups in total. The quantitative estimate of drug-likeness (QED) is 0.860. The summed E-state index contributed by atoms with van der Waals surface area (Å²) in [5, 5.41) is 0.701. The van der Waals surface area contributed by atoms with Crippen molar-refractivity contribution in [3.05, 3.63) is 64.7 Å². The number of rotatable bonds is 4. The van der Waals surface area contributed by atoms with E-state index >= 15 is 0 Å². The molecule has 0 aromatic heterocycles. The van der Waals surface area contributed by atoms with Crippen molar-refractivity contribution in [3.63, 3.8) is 0 Å². The second-order valence-corrected chi connectivity index (χ2v) is 5.67. The van der Waals surface area contributed by atoms with Crippen molar-refractivity contribution in [1.82, 2.24) is 4.90 Å². The van der Waals surface area contributed by atoms with Gasteiger partial charge in [-0.2, -0.15) is 0 Å². The van der Waals surface area contributed by atoms with E-state index in [9.17, 15) is 4.79 Å². The molecule has 2 aromatic carbocycles. The van der Waals surface area contributed by atoms with Gasteiger partial charge in [-0.05, 0) is 42.0 Å². The van der Waals surface area contributed by atoms with Crippen LogP contribution in [0, 0.1) is 0 Å². The summed E-state index contributed by atoms with van der Waals surface area (Å²) in [6, 6.07) is 15.1. The van der Waals surface area contributed by atoms with E-state index in [1.165, 1.54) is 0 Å². The van der Waals surface area contributed by atoms with Crippen molar-refractivity contribution in [2.75, 3.05) is 26.0 Å². The first-order valence-electron chi connectivity index (χ1n) is 6.74. The molecule has 110 valence electrons. The Morgan fingerprint density at radius 1 is 0.952 bits per heavy atom. The first-order valence-corrected chi connectivity index (χ1v) is 7.12. The van der Waals surface area contributed by atoms with E-state index in [-0.39, 0.29) is 5.91 Å². The van der Waals surface area contributed by atoms with Crippen LogP contribution in [0.25, 0.3) is 0 Å². The highest BCUT2D eigenvalue weighted by atomic mass is 35.5. The predicted octanol–water partition coefficient (Wildman–Crippen LogP) is 3.68. The Bertz CT molecular complexity index is 606. The number of anilines is 1. The normalized spacial score (nSPS) is 10.3. The van der Waals surface area contributed by atoms with E-state index in [4.69, 9.17) is 11.6 Å². The molecule has 0 heterocycles. The van der Waals surface area contributed by atoms with Gasteiger partial charge in [-0.25, -0.2) is 0 Å². The maximum Gasteiger partial charge on any atom is 0.253 e. The molecular weight excluding hydrogens is 284 g/mol. The van der Waals surface area contributed by atoms with Crippen molar-refractivity contribution in [2.24, 2.45) is 0 Å². The Morgan fingerprint density at radius 3 is 2.05 bits per heavy atom. The fourth-order valence-corrected chi connectivity index (χ4v) is 2.18. The Balaban J connectivity index is 2.06. The van der Waals surface area contributed by atoms with E-state index in [1.807, 2.05) is 67.5 Å². The highest BCUT2D eigenvalue weighted by Gasteiger charge is 2.12. The van der Waals surface area contributed by atoms with Gasteiger partial charge in [0.25, 0.3) is 5.91 Å². The maximum atomic E-state index is 12.4.